The summed E-state index contributed by atoms with van der Waals surface area (Å²) >= 11 is 5.47. The fourth-order valence-corrected chi connectivity index (χ4v) is 1.36. The summed E-state index contributed by atoms with van der Waals surface area (Å²) in [6, 6.07) is 0.717. The van der Waals surface area contributed by atoms with Gasteiger partial charge in [-0.3, -0.25) is 4.79 Å². The third kappa shape index (κ3) is 2.08. The fourth-order valence-electron chi connectivity index (χ4n) is 1.10. The molecule has 0 aliphatic carbocycles. The van der Waals surface area contributed by atoms with Crippen molar-refractivity contribution in [1.82, 2.24) is 0 Å². The second-order valence-electron chi connectivity index (χ2n) is 2.69. The number of rotatable bonds is 3. The summed E-state index contributed by atoms with van der Waals surface area (Å²) in [5, 5.41) is -0.561. The summed E-state index contributed by atoms with van der Waals surface area (Å²) in [6.45, 7) is -0.336. The van der Waals surface area contributed by atoms with E-state index < -0.39 is 22.4 Å². The van der Waals surface area contributed by atoms with Gasteiger partial charge in [0.25, 0.3) is 0 Å². The highest BCUT2D eigenvalue weighted by Gasteiger charge is 2.21. The predicted octanol–water partition coefficient (Wildman–Crippen LogP) is 1.77. The van der Waals surface area contributed by atoms with Crippen LogP contribution in [0.3, 0.4) is 0 Å². The van der Waals surface area contributed by atoms with Gasteiger partial charge in [0.05, 0.1) is 19.2 Å². The van der Waals surface area contributed by atoms with Crippen LogP contribution in [-0.4, -0.2) is 19.4 Å². The first-order valence-corrected chi connectivity index (χ1v) is 4.35. The quantitative estimate of drug-likeness (QED) is 0.642. The number of methoxy groups -OCH3 is 1. The van der Waals surface area contributed by atoms with Crippen LogP contribution in [-0.2, 0) is 0 Å². The van der Waals surface area contributed by atoms with Crippen LogP contribution in [0.5, 0.6) is 5.75 Å². The van der Waals surface area contributed by atoms with Gasteiger partial charge in [0, 0.05) is 0 Å². The minimum Gasteiger partial charge on any atom is -0.494 e. The second kappa shape index (κ2) is 4.55. The van der Waals surface area contributed by atoms with E-state index in [9.17, 15) is 13.6 Å². The van der Waals surface area contributed by atoms with Crippen LogP contribution < -0.4 is 10.5 Å². The Morgan fingerprint density at radius 2 is 2.20 bits per heavy atom. The van der Waals surface area contributed by atoms with Crippen molar-refractivity contribution in [3.8, 4) is 5.75 Å². The van der Waals surface area contributed by atoms with Gasteiger partial charge < -0.3 is 10.5 Å². The molecule has 0 fully saturated rings. The normalized spacial score (nSPS) is 10.2. The van der Waals surface area contributed by atoms with Crippen LogP contribution in [0.1, 0.15) is 10.4 Å². The Hall–Kier alpha value is -1.20. The molecule has 3 nitrogen and oxygen atoms in total. The molecule has 0 aliphatic heterocycles. The lowest BCUT2D eigenvalue weighted by Gasteiger charge is -2.09. The number of hydrogen-bond acceptors (Lipinski definition) is 3. The second-order valence-corrected chi connectivity index (χ2v) is 3.07. The van der Waals surface area contributed by atoms with Gasteiger partial charge in [-0.25, -0.2) is 8.78 Å². The molecule has 0 unspecified atom stereocenters. The average molecular weight is 236 g/mol. The SMILES string of the molecule is COc1c(C(=O)CN)cc(F)c(F)c1Cl. The molecule has 2 N–H and O–H groups in total. The minimum absolute atomic E-state index is 0.163. The summed E-state index contributed by atoms with van der Waals surface area (Å²) < 4.78 is 30.7. The fraction of sp³-hybridized carbons (Fsp3) is 0.222. The molecule has 0 heterocycles. The van der Waals surface area contributed by atoms with Gasteiger partial charge in [-0.15, -0.1) is 0 Å². The van der Waals surface area contributed by atoms with Crippen LogP contribution in [0.25, 0.3) is 0 Å². The van der Waals surface area contributed by atoms with Gasteiger partial charge in [0.2, 0.25) is 0 Å². The number of ether oxygens (including phenoxy) is 1. The van der Waals surface area contributed by atoms with Crippen molar-refractivity contribution < 1.29 is 18.3 Å². The minimum atomic E-state index is -1.25. The summed E-state index contributed by atoms with van der Waals surface area (Å²) in [5.74, 6) is -3.24. The van der Waals surface area contributed by atoms with Crippen molar-refractivity contribution in [3.05, 3.63) is 28.3 Å². The first kappa shape index (κ1) is 11.9. The Morgan fingerprint density at radius 3 is 2.67 bits per heavy atom. The molecule has 82 valence electrons. The number of Topliss-reactive ketones (excluding diaryl/α,β-unsaturated/α-hetero) is 1. The summed E-state index contributed by atoms with van der Waals surface area (Å²) in [6.07, 6.45) is 0. The molecule has 6 heteroatoms. The number of benzene rings is 1. The smallest absolute Gasteiger partial charge is 0.181 e. The third-order valence-corrected chi connectivity index (χ3v) is 2.14. The Kier molecular flexibility index (Phi) is 3.60. The van der Waals surface area contributed by atoms with E-state index in [0.29, 0.717) is 0 Å². The molecule has 0 aliphatic rings. The lowest BCUT2D eigenvalue weighted by atomic mass is 10.1. The number of halogens is 3. The van der Waals surface area contributed by atoms with E-state index in [1.165, 1.54) is 7.11 Å². The van der Waals surface area contributed by atoms with E-state index >= 15 is 0 Å². The molecule has 0 bridgehead atoms. The molecule has 1 aromatic rings. The molecule has 0 aromatic heterocycles. The summed E-state index contributed by atoms with van der Waals surface area (Å²) in [7, 11) is 1.20. The van der Waals surface area contributed by atoms with Gasteiger partial charge >= 0.3 is 0 Å². The lowest BCUT2D eigenvalue weighted by Crippen LogP contribution is -2.15. The molecule has 1 rings (SSSR count). The zero-order valence-corrected chi connectivity index (χ0v) is 8.57. The van der Waals surface area contributed by atoms with Crippen molar-refractivity contribution >= 4 is 17.4 Å². The average Bonchev–Trinajstić information content (AvgIpc) is 2.24. The zero-order valence-electron chi connectivity index (χ0n) is 7.81. The van der Waals surface area contributed by atoms with E-state index in [0.717, 1.165) is 6.07 Å². The highest BCUT2D eigenvalue weighted by atomic mass is 35.5. The lowest BCUT2D eigenvalue weighted by molar-refractivity contribution is 0.0998. The monoisotopic (exact) mass is 235 g/mol. The zero-order chi connectivity index (χ0) is 11.6. The van der Waals surface area contributed by atoms with Crippen LogP contribution >= 0.6 is 11.6 Å². The van der Waals surface area contributed by atoms with Crippen molar-refractivity contribution in [1.29, 1.82) is 0 Å². The maximum absolute atomic E-state index is 13.0. The number of hydrogen-bond donors (Lipinski definition) is 1. The molecular formula is C9H8ClF2NO2. The standard InChI is InChI=1S/C9H8ClF2NO2/c1-15-9-4(6(14)3-13)2-5(11)8(12)7(9)10/h2H,3,13H2,1H3. The highest BCUT2D eigenvalue weighted by molar-refractivity contribution is 6.33. The van der Waals surface area contributed by atoms with Gasteiger partial charge in [-0.1, -0.05) is 11.6 Å². The molecule has 0 saturated heterocycles. The molecular weight excluding hydrogens is 228 g/mol. The molecule has 0 saturated carbocycles. The number of nitrogens with two attached hydrogens (primary N) is 1. The van der Waals surface area contributed by atoms with Crippen LogP contribution in [0.4, 0.5) is 8.78 Å². The summed E-state index contributed by atoms with van der Waals surface area (Å²) in [5.41, 5.74) is 4.94. The van der Waals surface area contributed by atoms with Gasteiger partial charge in [0.1, 0.15) is 5.02 Å². The first-order chi connectivity index (χ1) is 7.02. The highest BCUT2D eigenvalue weighted by Crippen LogP contribution is 2.32. The largest absolute Gasteiger partial charge is 0.494 e. The van der Waals surface area contributed by atoms with Crippen LogP contribution in [0, 0.1) is 11.6 Å². The molecule has 15 heavy (non-hydrogen) atoms. The maximum atomic E-state index is 13.0. The van der Waals surface area contributed by atoms with E-state index in [1.54, 1.807) is 0 Å². The molecule has 0 radical (unpaired) electrons. The maximum Gasteiger partial charge on any atom is 0.181 e. The molecule has 0 spiro atoms. The number of ketones is 1. The van der Waals surface area contributed by atoms with Crippen molar-refractivity contribution in [2.75, 3.05) is 13.7 Å². The molecule has 0 atom stereocenters. The van der Waals surface area contributed by atoms with Gasteiger partial charge in [0.15, 0.2) is 23.2 Å². The van der Waals surface area contributed by atoms with Crippen molar-refractivity contribution in [2.45, 2.75) is 0 Å². The van der Waals surface area contributed by atoms with Crippen molar-refractivity contribution in [3.63, 3.8) is 0 Å². The van der Waals surface area contributed by atoms with E-state index in [-0.39, 0.29) is 17.9 Å². The van der Waals surface area contributed by atoms with Crippen molar-refractivity contribution in [2.24, 2.45) is 5.73 Å². The Labute approximate surface area is 89.8 Å². The van der Waals surface area contributed by atoms with Gasteiger partial charge in [-0.05, 0) is 6.07 Å². The van der Waals surface area contributed by atoms with E-state index in [1.807, 2.05) is 0 Å². The third-order valence-electron chi connectivity index (χ3n) is 1.81. The van der Waals surface area contributed by atoms with Gasteiger partial charge in [-0.2, -0.15) is 0 Å². The van der Waals surface area contributed by atoms with Crippen LogP contribution in [0.15, 0.2) is 6.07 Å². The Bertz CT molecular complexity index is 410. The van der Waals surface area contributed by atoms with E-state index in [4.69, 9.17) is 22.1 Å². The molecule has 1 aromatic carbocycles. The Balaban J connectivity index is 3.45. The molecule has 0 amide bonds. The number of carbonyl (C=O) groups excluding carboxylic acids is 1. The first-order valence-electron chi connectivity index (χ1n) is 3.97. The van der Waals surface area contributed by atoms with Crippen LogP contribution in [0.2, 0.25) is 5.02 Å². The van der Waals surface area contributed by atoms with E-state index in [2.05, 4.69) is 0 Å². The topological polar surface area (TPSA) is 52.3 Å². The predicted molar refractivity (Wildman–Crippen MR) is 51.3 cm³/mol. The number of carbonyl (C=O) groups is 1. The summed E-state index contributed by atoms with van der Waals surface area (Å²) in [4.78, 5) is 11.3. The Morgan fingerprint density at radius 1 is 1.60 bits per heavy atom.